The molecule has 30 heavy (non-hydrogen) atoms. The Morgan fingerprint density at radius 1 is 1.07 bits per heavy atom. The topological polar surface area (TPSA) is 29.5 Å². The molecule has 2 nitrogen and oxygen atoms in total. The molecule has 0 amide bonds. The van der Waals surface area contributed by atoms with Crippen molar-refractivity contribution >= 4 is 0 Å². The fourth-order valence-electron chi connectivity index (χ4n) is 4.73. The van der Waals surface area contributed by atoms with E-state index in [2.05, 4.69) is 47.6 Å². The predicted molar refractivity (Wildman–Crippen MR) is 130 cm³/mol. The highest BCUT2D eigenvalue weighted by atomic mass is 16.5. The number of phenols is 1. The third-order valence-corrected chi connectivity index (χ3v) is 7.17. The number of hydrogen-bond donors (Lipinski definition) is 1. The Kier molecular flexibility index (Phi) is 9.31. The first-order chi connectivity index (χ1) is 14.1. The Morgan fingerprint density at radius 2 is 1.70 bits per heavy atom. The SMILES string of the molecule is CC(C)=CCC[C@H](C)CCC[C@@H](C)CCC[C@]1(C)CCc2cc(O)c(C)c(C)c2O1. The molecule has 0 fully saturated rings. The molecule has 170 valence electrons. The maximum atomic E-state index is 10.1. The lowest BCUT2D eigenvalue weighted by Gasteiger charge is -2.37. The van der Waals surface area contributed by atoms with Crippen LogP contribution in [0.15, 0.2) is 17.7 Å². The quantitative estimate of drug-likeness (QED) is 0.368. The zero-order valence-corrected chi connectivity index (χ0v) is 20.7. The molecule has 3 atom stereocenters. The van der Waals surface area contributed by atoms with Crippen molar-refractivity contribution in [3.05, 3.63) is 34.4 Å². The average Bonchev–Trinajstić information content (AvgIpc) is 2.67. The second-order valence-corrected chi connectivity index (χ2v) is 10.6. The van der Waals surface area contributed by atoms with Gasteiger partial charge in [0, 0.05) is 0 Å². The van der Waals surface area contributed by atoms with E-state index in [9.17, 15) is 5.11 Å². The molecule has 0 saturated heterocycles. The summed E-state index contributed by atoms with van der Waals surface area (Å²) in [6, 6.07) is 1.90. The van der Waals surface area contributed by atoms with Crippen molar-refractivity contribution in [1.29, 1.82) is 0 Å². The van der Waals surface area contributed by atoms with Gasteiger partial charge >= 0.3 is 0 Å². The van der Waals surface area contributed by atoms with Gasteiger partial charge in [-0.25, -0.2) is 0 Å². The van der Waals surface area contributed by atoms with E-state index in [1.807, 2.05) is 13.0 Å². The van der Waals surface area contributed by atoms with Crippen molar-refractivity contribution in [2.24, 2.45) is 11.8 Å². The number of ether oxygens (including phenoxy) is 1. The number of phenolic OH excluding ortho intramolecular Hbond substituents is 1. The van der Waals surface area contributed by atoms with Crippen LogP contribution in [0.25, 0.3) is 0 Å². The number of fused-ring (bicyclic) bond motifs is 1. The predicted octanol–water partition coefficient (Wildman–Crippen LogP) is 8.45. The van der Waals surface area contributed by atoms with Gasteiger partial charge in [-0.1, -0.05) is 51.2 Å². The van der Waals surface area contributed by atoms with Crippen molar-refractivity contribution < 1.29 is 9.84 Å². The van der Waals surface area contributed by atoms with Crippen LogP contribution in [-0.4, -0.2) is 10.7 Å². The van der Waals surface area contributed by atoms with Crippen LogP contribution in [0.5, 0.6) is 11.5 Å². The van der Waals surface area contributed by atoms with Gasteiger partial charge in [-0.3, -0.25) is 0 Å². The smallest absolute Gasteiger partial charge is 0.126 e. The lowest BCUT2D eigenvalue weighted by Crippen LogP contribution is -2.36. The van der Waals surface area contributed by atoms with Gasteiger partial charge in [-0.2, -0.15) is 0 Å². The fraction of sp³-hybridized carbons (Fsp3) is 0.714. The molecule has 1 aromatic rings. The third-order valence-electron chi connectivity index (χ3n) is 7.17. The lowest BCUT2D eigenvalue weighted by atomic mass is 9.85. The lowest BCUT2D eigenvalue weighted by molar-refractivity contribution is 0.0514. The number of allylic oxidation sites excluding steroid dienone is 2. The Balaban J connectivity index is 1.71. The monoisotopic (exact) mass is 414 g/mol. The molecule has 1 heterocycles. The Labute approximate surface area is 186 Å². The van der Waals surface area contributed by atoms with E-state index in [0.29, 0.717) is 5.75 Å². The fourth-order valence-corrected chi connectivity index (χ4v) is 4.73. The third kappa shape index (κ3) is 7.36. The molecule has 0 radical (unpaired) electrons. The molecule has 0 aromatic heterocycles. The molecule has 0 spiro atoms. The molecule has 1 aliphatic rings. The highest BCUT2D eigenvalue weighted by Crippen LogP contribution is 2.42. The molecule has 0 bridgehead atoms. The van der Waals surface area contributed by atoms with Crippen LogP contribution in [-0.2, 0) is 6.42 Å². The van der Waals surface area contributed by atoms with Gasteiger partial charge < -0.3 is 9.84 Å². The zero-order valence-electron chi connectivity index (χ0n) is 20.7. The van der Waals surface area contributed by atoms with Crippen molar-refractivity contribution in [2.75, 3.05) is 0 Å². The van der Waals surface area contributed by atoms with Crippen LogP contribution in [0.4, 0.5) is 0 Å². The Bertz CT molecular complexity index is 714. The minimum atomic E-state index is -0.0691. The van der Waals surface area contributed by atoms with E-state index in [-0.39, 0.29) is 5.60 Å². The summed E-state index contributed by atoms with van der Waals surface area (Å²) in [4.78, 5) is 0. The van der Waals surface area contributed by atoms with E-state index in [4.69, 9.17) is 4.74 Å². The summed E-state index contributed by atoms with van der Waals surface area (Å²) in [6.07, 6.45) is 14.7. The molecule has 0 saturated carbocycles. The minimum absolute atomic E-state index is 0.0691. The number of aryl methyl sites for hydroxylation is 1. The van der Waals surface area contributed by atoms with Gasteiger partial charge in [0.1, 0.15) is 17.1 Å². The molecular weight excluding hydrogens is 368 g/mol. The standard InChI is InChI=1S/C28H46O2/c1-20(2)11-8-12-21(3)13-9-14-22(4)15-10-17-28(7)18-16-25-19-26(29)23(5)24(6)27(25)30-28/h11,19,21-22,29H,8-10,12-18H2,1-7H3/t21-,22+,28+/m0/s1. The van der Waals surface area contributed by atoms with Gasteiger partial charge in [-0.15, -0.1) is 0 Å². The van der Waals surface area contributed by atoms with Gasteiger partial charge in [-0.05, 0) is 108 Å². The van der Waals surface area contributed by atoms with Crippen LogP contribution in [0.3, 0.4) is 0 Å². The van der Waals surface area contributed by atoms with Crippen LogP contribution < -0.4 is 4.74 Å². The number of aromatic hydroxyl groups is 1. The van der Waals surface area contributed by atoms with Gasteiger partial charge in [0.2, 0.25) is 0 Å². The Morgan fingerprint density at radius 3 is 2.37 bits per heavy atom. The van der Waals surface area contributed by atoms with Crippen LogP contribution >= 0.6 is 0 Å². The second kappa shape index (κ2) is 11.3. The van der Waals surface area contributed by atoms with Gasteiger partial charge in [0.15, 0.2) is 0 Å². The van der Waals surface area contributed by atoms with Crippen LogP contribution in [0.2, 0.25) is 0 Å². The van der Waals surface area contributed by atoms with E-state index in [0.717, 1.165) is 48.0 Å². The van der Waals surface area contributed by atoms with Crippen molar-refractivity contribution in [3.63, 3.8) is 0 Å². The minimum Gasteiger partial charge on any atom is -0.508 e. The van der Waals surface area contributed by atoms with Crippen molar-refractivity contribution in [1.82, 2.24) is 0 Å². The summed E-state index contributed by atoms with van der Waals surface area (Å²) in [5.74, 6) is 3.07. The summed E-state index contributed by atoms with van der Waals surface area (Å²) in [7, 11) is 0. The first-order valence-electron chi connectivity index (χ1n) is 12.3. The number of rotatable bonds is 11. The van der Waals surface area contributed by atoms with Gasteiger partial charge in [0.25, 0.3) is 0 Å². The molecule has 0 unspecified atom stereocenters. The molecule has 2 rings (SSSR count). The summed E-state index contributed by atoms with van der Waals surface area (Å²) < 4.78 is 6.52. The molecule has 1 N–H and O–H groups in total. The maximum absolute atomic E-state index is 10.1. The highest BCUT2D eigenvalue weighted by Gasteiger charge is 2.32. The number of benzene rings is 1. The molecule has 2 heteroatoms. The summed E-state index contributed by atoms with van der Waals surface area (Å²) >= 11 is 0. The average molecular weight is 415 g/mol. The van der Waals surface area contributed by atoms with E-state index in [1.54, 1.807) is 0 Å². The van der Waals surface area contributed by atoms with Crippen molar-refractivity contribution in [3.8, 4) is 11.5 Å². The van der Waals surface area contributed by atoms with E-state index < -0.39 is 0 Å². The molecular formula is C28H46O2. The first-order valence-corrected chi connectivity index (χ1v) is 12.3. The molecule has 1 aliphatic heterocycles. The van der Waals surface area contributed by atoms with E-state index >= 15 is 0 Å². The molecule has 1 aromatic carbocycles. The zero-order chi connectivity index (χ0) is 22.3. The van der Waals surface area contributed by atoms with Crippen molar-refractivity contribution in [2.45, 2.75) is 118 Å². The van der Waals surface area contributed by atoms with Crippen LogP contribution in [0, 0.1) is 25.7 Å². The van der Waals surface area contributed by atoms with Crippen LogP contribution in [0.1, 0.15) is 109 Å². The summed E-state index contributed by atoms with van der Waals surface area (Å²) in [5, 5.41) is 10.1. The van der Waals surface area contributed by atoms with E-state index in [1.165, 1.54) is 56.1 Å². The normalized spacial score (nSPS) is 20.2. The van der Waals surface area contributed by atoms with Gasteiger partial charge in [0.05, 0.1) is 0 Å². The maximum Gasteiger partial charge on any atom is 0.126 e. The first kappa shape index (κ1) is 24.8. The largest absolute Gasteiger partial charge is 0.508 e. The second-order valence-electron chi connectivity index (χ2n) is 10.6. The Hall–Kier alpha value is -1.44. The highest BCUT2D eigenvalue weighted by molar-refractivity contribution is 5.53. The summed E-state index contributed by atoms with van der Waals surface area (Å²) in [6.45, 7) is 15.5. The summed E-state index contributed by atoms with van der Waals surface area (Å²) in [5.41, 5.74) is 4.59. The molecule has 0 aliphatic carbocycles. The number of hydrogen-bond acceptors (Lipinski definition) is 2.